The summed E-state index contributed by atoms with van der Waals surface area (Å²) in [5, 5.41) is 8.21. The van der Waals surface area contributed by atoms with Gasteiger partial charge in [-0.05, 0) is 55.7 Å². The molecule has 0 atom stereocenters. The Hall–Kier alpha value is -3.16. The lowest BCUT2D eigenvalue weighted by Gasteiger charge is -2.11. The first-order chi connectivity index (χ1) is 13.9. The van der Waals surface area contributed by atoms with Gasteiger partial charge < -0.3 is 14.8 Å². The van der Waals surface area contributed by atoms with Crippen molar-refractivity contribution in [2.45, 2.75) is 25.6 Å². The highest BCUT2D eigenvalue weighted by Gasteiger charge is 2.31. The Labute approximate surface area is 166 Å². The minimum atomic E-state index is -4.72. The maximum absolute atomic E-state index is 12.4. The summed E-state index contributed by atoms with van der Waals surface area (Å²) in [7, 11) is 1.62. The van der Waals surface area contributed by atoms with Gasteiger partial charge in [-0.15, -0.1) is 13.2 Å². The maximum atomic E-state index is 12.4. The third-order valence-corrected chi connectivity index (χ3v) is 4.79. The molecule has 0 aliphatic carbocycles. The molecule has 5 nitrogen and oxygen atoms in total. The van der Waals surface area contributed by atoms with Gasteiger partial charge in [0.2, 0.25) is 0 Å². The van der Waals surface area contributed by atoms with Gasteiger partial charge in [-0.3, -0.25) is 0 Å². The molecule has 0 spiro atoms. The van der Waals surface area contributed by atoms with Crippen molar-refractivity contribution in [3.8, 4) is 28.4 Å². The van der Waals surface area contributed by atoms with Crippen LogP contribution in [0.2, 0.25) is 0 Å². The van der Waals surface area contributed by atoms with Crippen LogP contribution in [0.25, 0.3) is 16.9 Å². The van der Waals surface area contributed by atoms with Crippen LogP contribution in [-0.4, -0.2) is 29.8 Å². The number of anilines is 1. The number of rotatable bonds is 4. The van der Waals surface area contributed by atoms with Crippen molar-refractivity contribution in [1.82, 2.24) is 9.78 Å². The highest BCUT2D eigenvalue weighted by Crippen LogP contribution is 2.35. The van der Waals surface area contributed by atoms with E-state index < -0.39 is 6.36 Å². The molecule has 1 N–H and O–H groups in total. The fourth-order valence-electron chi connectivity index (χ4n) is 3.48. The van der Waals surface area contributed by atoms with E-state index in [0.29, 0.717) is 5.69 Å². The van der Waals surface area contributed by atoms with Gasteiger partial charge in [-0.25, -0.2) is 4.68 Å². The molecular weight excluding hydrogens is 383 g/mol. The second-order valence-electron chi connectivity index (χ2n) is 6.75. The molecule has 0 amide bonds. The molecule has 1 aliphatic heterocycles. The van der Waals surface area contributed by atoms with Crippen molar-refractivity contribution in [1.29, 1.82) is 0 Å². The van der Waals surface area contributed by atoms with E-state index in [-0.39, 0.29) is 5.75 Å². The minimum absolute atomic E-state index is 0.263. The standard InChI is InChI=1S/C21H20F3N3O2/c1-28-17-6-4-5-14(13-17)19-18-7-2-3-12-25-20(18)27(26-19)15-8-10-16(11-9-15)29-21(22,23)24/h4-6,8-11,13,25H,2-3,7,12H2,1H3. The Kier molecular flexibility index (Phi) is 5.08. The summed E-state index contributed by atoms with van der Waals surface area (Å²) in [6.45, 7) is 0.811. The smallest absolute Gasteiger partial charge is 0.497 e. The molecule has 2 heterocycles. The van der Waals surface area contributed by atoms with E-state index in [1.165, 1.54) is 12.1 Å². The van der Waals surface area contributed by atoms with Crippen LogP contribution in [0.3, 0.4) is 0 Å². The zero-order valence-electron chi connectivity index (χ0n) is 15.8. The minimum Gasteiger partial charge on any atom is -0.497 e. The second kappa shape index (κ2) is 7.69. The first-order valence-corrected chi connectivity index (χ1v) is 9.31. The molecule has 0 bridgehead atoms. The molecule has 29 heavy (non-hydrogen) atoms. The summed E-state index contributed by atoms with van der Waals surface area (Å²) in [5.74, 6) is 1.34. The number of ether oxygens (including phenoxy) is 2. The van der Waals surface area contributed by atoms with Gasteiger partial charge in [0.05, 0.1) is 18.5 Å². The summed E-state index contributed by atoms with van der Waals surface area (Å²) in [5.41, 5.74) is 3.51. The lowest BCUT2D eigenvalue weighted by molar-refractivity contribution is -0.274. The van der Waals surface area contributed by atoms with Gasteiger partial charge in [0.15, 0.2) is 0 Å². The average Bonchev–Trinajstić information content (AvgIpc) is 2.89. The fraction of sp³-hybridized carbons (Fsp3) is 0.286. The molecule has 8 heteroatoms. The van der Waals surface area contributed by atoms with Crippen LogP contribution in [0.4, 0.5) is 19.0 Å². The number of alkyl halides is 3. The van der Waals surface area contributed by atoms with Crippen LogP contribution in [0.1, 0.15) is 18.4 Å². The molecule has 1 aliphatic rings. The van der Waals surface area contributed by atoms with Crippen molar-refractivity contribution in [2.75, 3.05) is 19.0 Å². The van der Waals surface area contributed by atoms with Gasteiger partial charge in [0.1, 0.15) is 17.3 Å². The number of hydrogen-bond donors (Lipinski definition) is 1. The van der Waals surface area contributed by atoms with Crippen molar-refractivity contribution >= 4 is 5.82 Å². The van der Waals surface area contributed by atoms with Crippen molar-refractivity contribution in [3.63, 3.8) is 0 Å². The zero-order chi connectivity index (χ0) is 20.4. The molecule has 2 aromatic carbocycles. The zero-order valence-corrected chi connectivity index (χ0v) is 15.8. The first-order valence-electron chi connectivity index (χ1n) is 9.31. The average molecular weight is 403 g/mol. The number of nitrogens with one attached hydrogen (secondary N) is 1. The summed E-state index contributed by atoms with van der Waals surface area (Å²) in [6.07, 6.45) is -1.79. The van der Waals surface area contributed by atoms with Gasteiger partial charge in [-0.1, -0.05) is 12.1 Å². The van der Waals surface area contributed by atoms with Crippen LogP contribution < -0.4 is 14.8 Å². The van der Waals surface area contributed by atoms with Crippen LogP contribution in [0.15, 0.2) is 48.5 Å². The lowest BCUT2D eigenvalue weighted by atomic mass is 10.0. The summed E-state index contributed by atoms with van der Waals surface area (Å²) >= 11 is 0. The van der Waals surface area contributed by atoms with Gasteiger partial charge >= 0.3 is 6.36 Å². The van der Waals surface area contributed by atoms with E-state index in [2.05, 4.69) is 10.1 Å². The Morgan fingerprint density at radius 3 is 2.55 bits per heavy atom. The monoisotopic (exact) mass is 403 g/mol. The highest BCUT2D eigenvalue weighted by atomic mass is 19.4. The molecule has 0 radical (unpaired) electrons. The van der Waals surface area contributed by atoms with E-state index >= 15 is 0 Å². The summed E-state index contributed by atoms with van der Waals surface area (Å²) in [4.78, 5) is 0. The van der Waals surface area contributed by atoms with Crippen molar-refractivity contribution in [3.05, 3.63) is 54.1 Å². The Balaban J connectivity index is 1.77. The molecule has 0 unspecified atom stereocenters. The van der Waals surface area contributed by atoms with Gasteiger partial charge in [0, 0.05) is 17.7 Å². The number of benzene rings is 2. The van der Waals surface area contributed by atoms with E-state index in [9.17, 15) is 13.2 Å². The molecule has 0 saturated heterocycles. The molecule has 4 rings (SSSR count). The molecule has 0 saturated carbocycles. The predicted molar refractivity (Wildman–Crippen MR) is 104 cm³/mol. The number of aromatic nitrogens is 2. The van der Waals surface area contributed by atoms with Gasteiger partial charge in [0.25, 0.3) is 0 Å². The van der Waals surface area contributed by atoms with E-state index in [1.54, 1.807) is 23.9 Å². The molecule has 0 fully saturated rings. The van der Waals surface area contributed by atoms with E-state index in [0.717, 1.165) is 54.2 Å². The second-order valence-corrected chi connectivity index (χ2v) is 6.75. The molecule has 3 aromatic rings. The molecular formula is C21H20F3N3O2. The lowest BCUT2D eigenvalue weighted by Crippen LogP contribution is -2.17. The summed E-state index contributed by atoms with van der Waals surface area (Å²) in [6, 6.07) is 13.4. The SMILES string of the molecule is COc1cccc(-c2nn(-c3ccc(OC(F)(F)F)cc3)c3c2CCCCN3)c1. The Bertz CT molecular complexity index is 997. The number of methoxy groups -OCH3 is 1. The normalized spacial score (nSPS) is 13.9. The van der Waals surface area contributed by atoms with E-state index in [1.807, 2.05) is 24.3 Å². The quantitative estimate of drug-likeness (QED) is 0.651. The number of halogens is 3. The summed E-state index contributed by atoms with van der Waals surface area (Å²) < 4.78 is 48.3. The van der Waals surface area contributed by atoms with Crippen LogP contribution in [0, 0.1) is 0 Å². The fourth-order valence-corrected chi connectivity index (χ4v) is 3.48. The van der Waals surface area contributed by atoms with Crippen LogP contribution >= 0.6 is 0 Å². The van der Waals surface area contributed by atoms with Crippen LogP contribution in [-0.2, 0) is 6.42 Å². The number of hydrogen-bond acceptors (Lipinski definition) is 4. The molecule has 152 valence electrons. The maximum Gasteiger partial charge on any atom is 0.573 e. The topological polar surface area (TPSA) is 48.3 Å². The number of fused-ring (bicyclic) bond motifs is 1. The molecule has 1 aromatic heterocycles. The third kappa shape index (κ3) is 4.16. The Morgan fingerprint density at radius 2 is 1.83 bits per heavy atom. The predicted octanol–water partition coefficient (Wildman–Crippen LogP) is 5.19. The Morgan fingerprint density at radius 1 is 1.03 bits per heavy atom. The van der Waals surface area contributed by atoms with Crippen molar-refractivity contribution < 1.29 is 22.6 Å². The van der Waals surface area contributed by atoms with Crippen LogP contribution in [0.5, 0.6) is 11.5 Å². The first kappa shape index (κ1) is 19.2. The van der Waals surface area contributed by atoms with Gasteiger partial charge in [-0.2, -0.15) is 5.10 Å². The van der Waals surface area contributed by atoms with E-state index in [4.69, 9.17) is 9.84 Å². The highest BCUT2D eigenvalue weighted by molar-refractivity contribution is 5.72. The largest absolute Gasteiger partial charge is 0.573 e. The number of nitrogens with zero attached hydrogens (tertiary/aromatic N) is 2. The third-order valence-electron chi connectivity index (χ3n) is 4.79. The van der Waals surface area contributed by atoms with Crippen molar-refractivity contribution in [2.24, 2.45) is 0 Å².